The van der Waals surface area contributed by atoms with E-state index in [1.807, 2.05) is 0 Å². The average molecular weight is 260 g/mol. The maximum atomic E-state index is 3.59. The SMILES string of the molecule is Cc1cc(C)c(CCNCCC2CCNC2)cc1C. The van der Waals surface area contributed by atoms with E-state index in [0.29, 0.717) is 0 Å². The molecule has 0 bridgehead atoms. The highest BCUT2D eigenvalue weighted by molar-refractivity contribution is 5.36. The van der Waals surface area contributed by atoms with Crippen molar-refractivity contribution in [3.8, 4) is 0 Å². The van der Waals surface area contributed by atoms with Crippen molar-refractivity contribution in [1.29, 1.82) is 0 Å². The first-order valence-corrected chi connectivity index (χ1v) is 7.65. The molecule has 2 nitrogen and oxygen atoms in total. The van der Waals surface area contributed by atoms with E-state index in [4.69, 9.17) is 0 Å². The van der Waals surface area contributed by atoms with Crippen LogP contribution in [0, 0.1) is 26.7 Å². The first-order chi connectivity index (χ1) is 9.16. The van der Waals surface area contributed by atoms with E-state index < -0.39 is 0 Å². The third kappa shape index (κ3) is 4.32. The van der Waals surface area contributed by atoms with Gasteiger partial charge in [-0.25, -0.2) is 0 Å². The van der Waals surface area contributed by atoms with E-state index in [2.05, 4.69) is 43.5 Å². The molecule has 1 saturated heterocycles. The van der Waals surface area contributed by atoms with Gasteiger partial charge in [0.1, 0.15) is 0 Å². The summed E-state index contributed by atoms with van der Waals surface area (Å²) >= 11 is 0. The minimum atomic E-state index is 0.899. The maximum absolute atomic E-state index is 3.59. The van der Waals surface area contributed by atoms with Crippen molar-refractivity contribution in [3.63, 3.8) is 0 Å². The van der Waals surface area contributed by atoms with Gasteiger partial charge in [-0.15, -0.1) is 0 Å². The fourth-order valence-electron chi connectivity index (χ4n) is 2.90. The molecule has 0 aromatic heterocycles. The Morgan fingerprint density at radius 3 is 2.63 bits per heavy atom. The molecule has 19 heavy (non-hydrogen) atoms. The predicted molar refractivity (Wildman–Crippen MR) is 82.8 cm³/mol. The lowest BCUT2D eigenvalue weighted by atomic mass is 9.99. The molecule has 1 aliphatic rings. The molecule has 0 aliphatic carbocycles. The summed E-state index contributed by atoms with van der Waals surface area (Å²) in [6.07, 6.45) is 3.83. The summed E-state index contributed by atoms with van der Waals surface area (Å²) < 4.78 is 0. The summed E-state index contributed by atoms with van der Waals surface area (Å²) in [6.45, 7) is 11.3. The van der Waals surface area contributed by atoms with Crippen molar-refractivity contribution in [2.75, 3.05) is 26.2 Å². The molecule has 1 heterocycles. The molecule has 1 unspecified atom stereocenters. The molecular formula is C17H28N2. The van der Waals surface area contributed by atoms with E-state index >= 15 is 0 Å². The number of hydrogen-bond acceptors (Lipinski definition) is 2. The van der Waals surface area contributed by atoms with Crippen molar-refractivity contribution >= 4 is 0 Å². The monoisotopic (exact) mass is 260 g/mol. The molecule has 0 spiro atoms. The standard InChI is InChI=1S/C17H28N2/c1-13-10-15(3)17(11-14(13)2)6-9-18-7-4-16-5-8-19-12-16/h10-11,16,18-19H,4-9,12H2,1-3H3. The van der Waals surface area contributed by atoms with Crippen molar-refractivity contribution in [3.05, 3.63) is 34.4 Å². The van der Waals surface area contributed by atoms with Crippen LogP contribution in [0.5, 0.6) is 0 Å². The zero-order chi connectivity index (χ0) is 13.7. The van der Waals surface area contributed by atoms with Gasteiger partial charge < -0.3 is 10.6 Å². The Balaban J connectivity index is 1.69. The quantitative estimate of drug-likeness (QED) is 0.769. The number of aryl methyl sites for hydroxylation is 3. The first kappa shape index (κ1) is 14.5. The summed E-state index contributed by atoms with van der Waals surface area (Å²) in [6, 6.07) is 4.67. The Kier molecular flexibility index (Phi) is 5.41. The van der Waals surface area contributed by atoms with E-state index in [-0.39, 0.29) is 0 Å². The van der Waals surface area contributed by atoms with Crippen LogP contribution in [0.1, 0.15) is 35.1 Å². The molecular weight excluding hydrogens is 232 g/mol. The zero-order valence-electron chi connectivity index (χ0n) is 12.7. The van der Waals surface area contributed by atoms with Gasteiger partial charge in [0.25, 0.3) is 0 Å². The highest BCUT2D eigenvalue weighted by Crippen LogP contribution is 2.15. The molecule has 1 atom stereocenters. The fraction of sp³-hybridized carbons (Fsp3) is 0.647. The molecule has 106 valence electrons. The van der Waals surface area contributed by atoms with Crippen molar-refractivity contribution in [2.45, 2.75) is 40.0 Å². The van der Waals surface area contributed by atoms with Crippen molar-refractivity contribution < 1.29 is 0 Å². The molecule has 1 aliphatic heterocycles. The second-order valence-corrected chi connectivity index (χ2v) is 6.01. The lowest BCUT2D eigenvalue weighted by Crippen LogP contribution is -2.22. The van der Waals surface area contributed by atoms with Crippen LogP contribution < -0.4 is 10.6 Å². The summed E-state index contributed by atoms with van der Waals surface area (Å²) in [7, 11) is 0. The third-order valence-corrected chi connectivity index (χ3v) is 4.42. The summed E-state index contributed by atoms with van der Waals surface area (Å²) in [4.78, 5) is 0. The topological polar surface area (TPSA) is 24.1 Å². The molecule has 1 fully saturated rings. The van der Waals surface area contributed by atoms with Crippen molar-refractivity contribution in [1.82, 2.24) is 10.6 Å². The maximum Gasteiger partial charge on any atom is -0.000825 e. The molecule has 2 rings (SSSR count). The van der Waals surface area contributed by atoms with Crippen LogP contribution in [0.2, 0.25) is 0 Å². The summed E-state index contributed by atoms with van der Waals surface area (Å²) in [5, 5.41) is 7.02. The zero-order valence-corrected chi connectivity index (χ0v) is 12.7. The molecule has 2 heteroatoms. The van der Waals surface area contributed by atoms with Crippen LogP contribution in [-0.2, 0) is 6.42 Å². The van der Waals surface area contributed by atoms with Crippen LogP contribution >= 0.6 is 0 Å². The predicted octanol–water partition coefficient (Wildman–Crippen LogP) is 2.74. The van der Waals surface area contributed by atoms with Crippen molar-refractivity contribution in [2.24, 2.45) is 5.92 Å². The van der Waals surface area contributed by atoms with Gasteiger partial charge in [-0.3, -0.25) is 0 Å². The van der Waals surface area contributed by atoms with Crippen LogP contribution in [0.3, 0.4) is 0 Å². The van der Waals surface area contributed by atoms with Gasteiger partial charge in [-0.1, -0.05) is 12.1 Å². The molecule has 0 amide bonds. The fourth-order valence-corrected chi connectivity index (χ4v) is 2.90. The second-order valence-electron chi connectivity index (χ2n) is 6.01. The molecule has 1 aromatic rings. The normalized spacial score (nSPS) is 19.0. The Morgan fingerprint density at radius 1 is 1.11 bits per heavy atom. The Labute approximate surface area is 118 Å². The average Bonchev–Trinajstić information content (AvgIpc) is 2.88. The minimum absolute atomic E-state index is 0.899. The summed E-state index contributed by atoms with van der Waals surface area (Å²) in [5.74, 6) is 0.899. The van der Waals surface area contributed by atoms with Gasteiger partial charge in [0.2, 0.25) is 0 Å². The Morgan fingerprint density at radius 2 is 1.89 bits per heavy atom. The molecule has 1 aromatic carbocycles. The van der Waals surface area contributed by atoms with E-state index in [1.54, 1.807) is 0 Å². The second kappa shape index (κ2) is 7.06. The Bertz CT molecular complexity index is 406. The van der Waals surface area contributed by atoms with E-state index in [0.717, 1.165) is 25.4 Å². The first-order valence-electron chi connectivity index (χ1n) is 7.65. The lowest BCUT2D eigenvalue weighted by Gasteiger charge is -2.12. The number of hydrogen-bond donors (Lipinski definition) is 2. The minimum Gasteiger partial charge on any atom is -0.316 e. The smallest absolute Gasteiger partial charge is 0.000825 e. The summed E-state index contributed by atoms with van der Waals surface area (Å²) in [5.41, 5.74) is 5.75. The molecule has 2 N–H and O–H groups in total. The van der Waals surface area contributed by atoms with Crippen LogP contribution in [0.25, 0.3) is 0 Å². The molecule has 0 radical (unpaired) electrons. The van der Waals surface area contributed by atoms with Gasteiger partial charge in [-0.05, 0) is 94.4 Å². The van der Waals surface area contributed by atoms with Gasteiger partial charge in [0, 0.05) is 0 Å². The number of benzene rings is 1. The number of rotatable bonds is 6. The Hall–Kier alpha value is -0.860. The van der Waals surface area contributed by atoms with Crippen LogP contribution in [-0.4, -0.2) is 26.2 Å². The van der Waals surface area contributed by atoms with E-state index in [1.165, 1.54) is 48.2 Å². The highest BCUT2D eigenvalue weighted by Gasteiger charge is 2.13. The lowest BCUT2D eigenvalue weighted by molar-refractivity contribution is 0.501. The molecule has 0 saturated carbocycles. The van der Waals surface area contributed by atoms with Crippen LogP contribution in [0.4, 0.5) is 0 Å². The number of nitrogens with one attached hydrogen (secondary N) is 2. The van der Waals surface area contributed by atoms with Gasteiger partial charge >= 0.3 is 0 Å². The van der Waals surface area contributed by atoms with E-state index in [9.17, 15) is 0 Å². The van der Waals surface area contributed by atoms with Crippen LogP contribution in [0.15, 0.2) is 12.1 Å². The third-order valence-electron chi connectivity index (χ3n) is 4.42. The van der Waals surface area contributed by atoms with Gasteiger partial charge in [0.15, 0.2) is 0 Å². The van der Waals surface area contributed by atoms with Gasteiger partial charge in [0.05, 0.1) is 0 Å². The highest BCUT2D eigenvalue weighted by atomic mass is 14.9. The van der Waals surface area contributed by atoms with Gasteiger partial charge in [-0.2, -0.15) is 0 Å². The largest absolute Gasteiger partial charge is 0.316 e.